The molecule has 0 aliphatic carbocycles. The summed E-state index contributed by atoms with van der Waals surface area (Å²) in [7, 11) is 0. The maximum Gasteiger partial charge on any atom is 0.161 e. The van der Waals surface area contributed by atoms with E-state index >= 15 is 0 Å². The number of aliphatic hydroxyl groups is 1. The van der Waals surface area contributed by atoms with Gasteiger partial charge in [-0.15, -0.1) is 0 Å². The van der Waals surface area contributed by atoms with E-state index < -0.39 is 6.10 Å². The highest BCUT2D eigenvalue weighted by Gasteiger charge is 2.22. The topological polar surface area (TPSA) is 64.7 Å². The van der Waals surface area contributed by atoms with Crippen molar-refractivity contribution in [2.45, 2.75) is 32.9 Å². The molecule has 0 aliphatic heterocycles. The Labute approximate surface area is 109 Å². The Kier molecular flexibility index (Phi) is 5.95. The second-order valence-electron chi connectivity index (χ2n) is 4.54. The van der Waals surface area contributed by atoms with Gasteiger partial charge >= 0.3 is 0 Å². The number of nitrogens with two attached hydrogens (primary N) is 1. The van der Waals surface area contributed by atoms with E-state index in [1.54, 1.807) is 0 Å². The number of hydrogen-bond donors (Lipinski definition) is 2. The summed E-state index contributed by atoms with van der Waals surface area (Å²) in [5.41, 5.74) is 6.02. The van der Waals surface area contributed by atoms with Gasteiger partial charge in [-0.05, 0) is 25.0 Å². The van der Waals surface area contributed by atoms with Gasteiger partial charge in [0.25, 0.3) is 0 Å². The number of rotatable bonds is 7. The third kappa shape index (κ3) is 3.89. The zero-order valence-electron chi connectivity index (χ0n) is 11.3. The van der Waals surface area contributed by atoms with Crippen molar-refractivity contribution in [2.24, 2.45) is 11.7 Å². The van der Waals surface area contributed by atoms with Gasteiger partial charge in [-0.25, -0.2) is 0 Å². The van der Waals surface area contributed by atoms with Gasteiger partial charge < -0.3 is 20.3 Å². The van der Waals surface area contributed by atoms with Gasteiger partial charge in [0.15, 0.2) is 11.5 Å². The van der Waals surface area contributed by atoms with Crippen molar-refractivity contribution in [1.29, 1.82) is 0 Å². The first-order valence-electron chi connectivity index (χ1n) is 6.35. The monoisotopic (exact) mass is 253 g/mol. The quantitative estimate of drug-likeness (QED) is 0.778. The summed E-state index contributed by atoms with van der Waals surface area (Å²) in [6, 6.07) is 7.20. The molecule has 0 radical (unpaired) electrons. The van der Waals surface area contributed by atoms with Crippen molar-refractivity contribution >= 4 is 0 Å². The van der Waals surface area contributed by atoms with E-state index in [-0.39, 0.29) is 18.6 Å². The summed E-state index contributed by atoms with van der Waals surface area (Å²) in [4.78, 5) is 0. The first kappa shape index (κ1) is 14.8. The predicted molar refractivity (Wildman–Crippen MR) is 71.9 cm³/mol. The summed E-state index contributed by atoms with van der Waals surface area (Å²) in [6.45, 7) is 6.39. The number of para-hydroxylation sites is 2. The zero-order chi connectivity index (χ0) is 13.5. The maximum atomic E-state index is 9.38. The molecule has 2 unspecified atom stereocenters. The van der Waals surface area contributed by atoms with Crippen molar-refractivity contribution < 1.29 is 14.6 Å². The number of ether oxygens (including phenoxy) is 2. The molecule has 3 N–H and O–H groups in total. The Morgan fingerprint density at radius 2 is 1.83 bits per heavy atom. The Bertz CT molecular complexity index is 355. The third-order valence-corrected chi connectivity index (χ3v) is 2.81. The van der Waals surface area contributed by atoms with Crippen LogP contribution in [0, 0.1) is 5.92 Å². The average molecular weight is 253 g/mol. The van der Waals surface area contributed by atoms with Crippen molar-refractivity contribution in [3.05, 3.63) is 24.3 Å². The number of hydrogen-bond acceptors (Lipinski definition) is 4. The molecule has 2 atom stereocenters. The minimum Gasteiger partial charge on any atom is -0.490 e. The molecule has 4 heteroatoms. The van der Waals surface area contributed by atoms with Crippen LogP contribution in [0.3, 0.4) is 0 Å². The molecule has 1 aromatic rings. The molecule has 18 heavy (non-hydrogen) atoms. The molecular formula is C14H23NO3. The predicted octanol–water partition coefficient (Wildman–Crippen LogP) is 1.81. The second kappa shape index (κ2) is 7.24. The summed E-state index contributed by atoms with van der Waals surface area (Å²) in [5, 5.41) is 9.38. The Balaban J connectivity index is 2.81. The second-order valence-corrected chi connectivity index (χ2v) is 4.54. The van der Waals surface area contributed by atoms with Crippen LogP contribution in [0.25, 0.3) is 0 Å². The van der Waals surface area contributed by atoms with Gasteiger partial charge in [-0.2, -0.15) is 0 Å². The van der Waals surface area contributed by atoms with E-state index in [0.29, 0.717) is 18.1 Å². The van der Waals surface area contributed by atoms with Crippen molar-refractivity contribution in [2.75, 3.05) is 13.2 Å². The van der Waals surface area contributed by atoms with Crippen LogP contribution in [0.15, 0.2) is 24.3 Å². The van der Waals surface area contributed by atoms with Crippen LogP contribution in [-0.2, 0) is 0 Å². The number of aliphatic hydroxyl groups excluding tert-OH is 1. The lowest BCUT2D eigenvalue weighted by Gasteiger charge is -2.26. The van der Waals surface area contributed by atoms with E-state index in [0.717, 1.165) is 0 Å². The molecule has 1 rings (SSSR count). The lowest BCUT2D eigenvalue weighted by Crippen LogP contribution is -2.45. The zero-order valence-corrected chi connectivity index (χ0v) is 11.3. The van der Waals surface area contributed by atoms with Gasteiger partial charge in [0, 0.05) is 6.04 Å². The minimum absolute atomic E-state index is 0.111. The van der Waals surface area contributed by atoms with Crippen LogP contribution >= 0.6 is 0 Å². The minimum atomic E-state index is -0.424. The summed E-state index contributed by atoms with van der Waals surface area (Å²) in [6.07, 6.45) is -0.424. The third-order valence-electron chi connectivity index (χ3n) is 2.81. The van der Waals surface area contributed by atoms with Gasteiger partial charge in [-0.1, -0.05) is 26.0 Å². The van der Waals surface area contributed by atoms with E-state index in [9.17, 15) is 5.11 Å². The summed E-state index contributed by atoms with van der Waals surface area (Å²) in [5.74, 6) is 1.53. The van der Waals surface area contributed by atoms with Gasteiger partial charge in [0.05, 0.1) is 13.2 Å². The van der Waals surface area contributed by atoms with E-state index in [1.807, 2.05) is 45.0 Å². The fourth-order valence-corrected chi connectivity index (χ4v) is 1.65. The van der Waals surface area contributed by atoms with Crippen LogP contribution in [0.5, 0.6) is 11.5 Å². The summed E-state index contributed by atoms with van der Waals surface area (Å²) < 4.78 is 11.2. The molecule has 0 aliphatic rings. The molecule has 0 amide bonds. The highest BCUT2D eigenvalue weighted by molar-refractivity contribution is 5.39. The van der Waals surface area contributed by atoms with Gasteiger partial charge in [0.1, 0.15) is 6.10 Å². The SMILES string of the molecule is CCOc1ccccc1OC(CO)C(N)C(C)C. The smallest absolute Gasteiger partial charge is 0.161 e. The van der Waals surface area contributed by atoms with Crippen molar-refractivity contribution in [3.8, 4) is 11.5 Å². The number of benzene rings is 1. The Morgan fingerprint density at radius 1 is 1.22 bits per heavy atom. The molecule has 0 aromatic heterocycles. The molecule has 0 saturated heterocycles. The van der Waals surface area contributed by atoms with Crippen LogP contribution in [0.1, 0.15) is 20.8 Å². The normalized spacial score (nSPS) is 14.3. The van der Waals surface area contributed by atoms with Gasteiger partial charge in [-0.3, -0.25) is 0 Å². The van der Waals surface area contributed by atoms with E-state index in [2.05, 4.69) is 0 Å². The standard InChI is InChI=1S/C14H23NO3/c1-4-17-11-7-5-6-8-12(11)18-13(9-16)14(15)10(2)3/h5-8,10,13-14,16H,4,9,15H2,1-3H3. The first-order chi connectivity index (χ1) is 8.60. The lowest BCUT2D eigenvalue weighted by molar-refractivity contribution is 0.0780. The Hall–Kier alpha value is -1.26. The Morgan fingerprint density at radius 3 is 2.33 bits per heavy atom. The van der Waals surface area contributed by atoms with Crippen molar-refractivity contribution in [1.82, 2.24) is 0 Å². The average Bonchev–Trinajstić information content (AvgIpc) is 2.37. The van der Waals surface area contributed by atoms with Crippen molar-refractivity contribution in [3.63, 3.8) is 0 Å². The molecular weight excluding hydrogens is 230 g/mol. The van der Waals surface area contributed by atoms with E-state index in [4.69, 9.17) is 15.2 Å². The maximum absolute atomic E-state index is 9.38. The molecule has 102 valence electrons. The highest BCUT2D eigenvalue weighted by atomic mass is 16.5. The van der Waals surface area contributed by atoms with Gasteiger partial charge in [0.2, 0.25) is 0 Å². The van der Waals surface area contributed by atoms with Crippen LogP contribution in [0.2, 0.25) is 0 Å². The highest BCUT2D eigenvalue weighted by Crippen LogP contribution is 2.28. The van der Waals surface area contributed by atoms with Crippen LogP contribution in [-0.4, -0.2) is 30.5 Å². The van der Waals surface area contributed by atoms with E-state index in [1.165, 1.54) is 0 Å². The lowest BCUT2D eigenvalue weighted by atomic mass is 10.00. The molecule has 0 spiro atoms. The largest absolute Gasteiger partial charge is 0.490 e. The van der Waals surface area contributed by atoms with Crippen LogP contribution < -0.4 is 15.2 Å². The molecule has 1 aromatic carbocycles. The molecule has 0 fully saturated rings. The summed E-state index contributed by atoms with van der Waals surface area (Å²) >= 11 is 0. The fourth-order valence-electron chi connectivity index (χ4n) is 1.65. The fraction of sp³-hybridized carbons (Fsp3) is 0.571. The molecule has 0 heterocycles. The first-order valence-corrected chi connectivity index (χ1v) is 6.35. The molecule has 0 saturated carbocycles. The molecule has 4 nitrogen and oxygen atoms in total. The molecule has 0 bridgehead atoms. The van der Waals surface area contributed by atoms with Crippen LogP contribution in [0.4, 0.5) is 0 Å².